The van der Waals surface area contributed by atoms with Crippen LogP contribution >= 0.6 is 0 Å². The third-order valence-corrected chi connectivity index (χ3v) is 5.61. The van der Waals surface area contributed by atoms with Crippen LogP contribution in [0.2, 0.25) is 0 Å². The highest BCUT2D eigenvalue weighted by molar-refractivity contribution is 5.92. The van der Waals surface area contributed by atoms with Gasteiger partial charge in [0.15, 0.2) is 0 Å². The molecule has 0 bridgehead atoms. The molecule has 0 aliphatic heterocycles. The van der Waals surface area contributed by atoms with Gasteiger partial charge in [-0.2, -0.15) is 5.26 Å². The van der Waals surface area contributed by atoms with Gasteiger partial charge in [-0.15, -0.1) is 0 Å². The first-order chi connectivity index (χ1) is 16.7. The molecule has 0 saturated heterocycles. The average Bonchev–Trinajstić information content (AvgIpc) is 2.72. The molecule has 0 saturated carbocycles. The van der Waals surface area contributed by atoms with E-state index in [2.05, 4.69) is 10.6 Å². The van der Waals surface area contributed by atoms with Crippen molar-refractivity contribution < 1.29 is 19.1 Å². The Labute approximate surface area is 216 Å². The lowest BCUT2D eigenvalue weighted by atomic mass is 9.95. The number of nitrogens with zero attached hydrogens (tertiary/aromatic N) is 2. The number of benzene rings is 1. The molecule has 8 heteroatoms. The van der Waals surface area contributed by atoms with E-state index in [9.17, 15) is 19.6 Å². The van der Waals surface area contributed by atoms with Crippen LogP contribution in [-0.4, -0.2) is 47.0 Å². The summed E-state index contributed by atoms with van der Waals surface area (Å²) in [6.45, 7) is 16.6. The maximum Gasteiger partial charge on any atom is 0.408 e. The molecule has 8 nitrogen and oxygen atoms in total. The zero-order valence-corrected chi connectivity index (χ0v) is 23.4. The van der Waals surface area contributed by atoms with Crippen molar-refractivity contribution in [2.24, 2.45) is 5.92 Å². The molecule has 2 N–H and O–H groups in total. The molecule has 3 unspecified atom stereocenters. The molecular weight excluding hydrogens is 456 g/mol. The van der Waals surface area contributed by atoms with Crippen LogP contribution in [0.4, 0.5) is 4.79 Å². The number of ether oxygens (including phenoxy) is 1. The largest absolute Gasteiger partial charge is 0.444 e. The smallest absolute Gasteiger partial charge is 0.408 e. The van der Waals surface area contributed by atoms with Crippen LogP contribution in [0.25, 0.3) is 0 Å². The predicted octanol–water partition coefficient (Wildman–Crippen LogP) is 4.94. The second kappa shape index (κ2) is 13.9. The summed E-state index contributed by atoms with van der Waals surface area (Å²) in [5.74, 6) is -0.790. The lowest BCUT2D eigenvalue weighted by molar-refractivity contribution is -0.142. The number of nitrogens with one attached hydrogen (secondary N) is 2. The summed E-state index contributed by atoms with van der Waals surface area (Å²) in [6, 6.07) is 5.64. The van der Waals surface area contributed by atoms with Crippen LogP contribution in [0.1, 0.15) is 90.5 Å². The topological polar surface area (TPSA) is 112 Å². The maximum atomic E-state index is 13.9. The Morgan fingerprint density at radius 1 is 1.11 bits per heavy atom. The van der Waals surface area contributed by atoms with Crippen molar-refractivity contribution in [1.82, 2.24) is 15.5 Å². The van der Waals surface area contributed by atoms with Gasteiger partial charge in [0.25, 0.3) is 0 Å². The third-order valence-electron chi connectivity index (χ3n) is 5.61. The van der Waals surface area contributed by atoms with Gasteiger partial charge in [-0.05, 0) is 71.4 Å². The molecule has 1 aromatic carbocycles. The summed E-state index contributed by atoms with van der Waals surface area (Å²) in [6.07, 6.45) is 1.29. The number of amides is 3. The highest BCUT2D eigenvalue weighted by Crippen LogP contribution is 2.27. The van der Waals surface area contributed by atoms with Crippen molar-refractivity contribution >= 4 is 17.9 Å². The summed E-state index contributed by atoms with van der Waals surface area (Å²) in [5.41, 5.74) is 1.77. The molecule has 200 valence electrons. The van der Waals surface area contributed by atoms with Gasteiger partial charge in [-0.25, -0.2) is 4.79 Å². The molecule has 0 spiro atoms. The van der Waals surface area contributed by atoms with E-state index in [1.165, 1.54) is 4.90 Å². The number of carbonyl (C=O) groups excluding carboxylic acids is 3. The zero-order valence-electron chi connectivity index (χ0n) is 23.4. The Morgan fingerprint density at radius 2 is 1.75 bits per heavy atom. The van der Waals surface area contributed by atoms with Gasteiger partial charge in [0.1, 0.15) is 24.2 Å². The summed E-state index contributed by atoms with van der Waals surface area (Å²) in [4.78, 5) is 41.4. The van der Waals surface area contributed by atoms with E-state index >= 15 is 0 Å². The van der Waals surface area contributed by atoms with Gasteiger partial charge in [-0.3, -0.25) is 9.59 Å². The first kappa shape index (κ1) is 31.0. The number of alkyl carbamates (subject to hydrolysis) is 1. The van der Waals surface area contributed by atoms with Crippen molar-refractivity contribution in [3.63, 3.8) is 0 Å². The zero-order chi connectivity index (χ0) is 27.6. The first-order valence-corrected chi connectivity index (χ1v) is 12.7. The Kier molecular flexibility index (Phi) is 11.9. The van der Waals surface area contributed by atoms with Crippen molar-refractivity contribution in [2.45, 2.75) is 105 Å². The van der Waals surface area contributed by atoms with E-state index in [1.54, 1.807) is 20.8 Å². The van der Waals surface area contributed by atoms with Crippen LogP contribution in [-0.2, 0) is 14.3 Å². The molecular formula is C28H44N4O4. The van der Waals surface area contributed by atoms with E-state index in [4.69, 9.17) is 4.74 Å². The van der Waals surface area contributed by atoms with Crippen LogP contribution in [0, 0.1) is 31.1 Å². The average molecular weight is 501 g/mol. The molecule has 0 heterocycles. The van der Waals surface area contributed by atoms with Crippen molar-refractivity contribution in [3.8, 4) is 6.07 Å². The molecule has 1 rings (SSSR count). The monoisotopic (exact) mass is 500 g/mol. The number of hydrogen-bond donors (Lipinski definition) is 2. The summed E-state index contributed by atoms with van der Waals surface area (Å²) < 4.78 is 5.38. The molecule has 0 radical (unpaired) electrons. The third kappa shape index (κ3) is 9.88. The van der Waals surface area contributed by atoms with Gasteiger partial charge in [0.2, 0.25) is 11.8 Å². The highest BCUT2D eigenvalue weighted by Gasteiger charge is 2.37. The highest BCUT2D eigenvalue weighted by atomic mass is 16.6. The quantitative estimate of drug-likeness (QED) is 0.418. The van der Waals surface area contributed by atoms with Crippen LogP contribution in [0.15, 0.2) is 18.2 Å². The number of aryl methyl sites for hydroxylation is 2. The fourth-order valence-electron chi connectivity index (χ4n) is 4.13. The second-order valence-corrected chi connectivity index (χ2v) is 10.9. The Hall–Kier alpha value is -3.08. The van der Waals surface area contributed by atoms with Crippen molar-refractivity contribution in [3.05, 3.63) is 34.9 Å². The fourth-order valence-corrected chi connectivity index (χ4v) is 4.13. The second-order valence-electron chi connectivity index (χ2n) is 10.9. The van der Waals surface area contributed by atoms with Gasteiger partial charge in [0, 0.05) is 6.04 Å². The van der Waals surface area contributed by atoms with Crippen molar-refractivity contribution in [2.75, 3.05) is 6.54 Å². The standard InChI is InChI=1S/C28H44N4O4/c1-10-11-21(6)30-25(33)24(22-13-12-19(4)17-20(22)5)32(15-14-29)26(34)23(16-18(2)3)31-27(35)36-28(7,8)9/h12-13,17-18,21,23-24H,10-11,15-16H2,1-9H3,(H,30,33)(H,31,35). The Bertz CT molecular complexity index is 946. The van der Waals surface area contributed by atoms with E-state index in [1.807, 2.05) is 65.8 Å². The summed E-state index contributed by atoms with van der Waals surface area (Å²) in [7, 11) is 0. The first-order valence-electron chi connectivity index (χ1n) is 12.7. The van der Waals surface area contributed by atoms with E-state index in [0.29, 0.717) is 12.0 Å². The van der Waals surface area contributed by atoms with E-state index < -0.39 is 29.7 Å². The molecule has 0 aromatic heterocycles. The Morgan fingerprint density at radius 3 is 2.25 bits per heavy atom. The van der Waals surface area contributed by atoms with Gasteiger partial charge in [0.05, 0.1) is 6.07 Å². The fraction of sp³-hybridized carbons (Fsp3) is 0.643. The minimum Gasteiger partial charge on any atom is -0.444 e. The lowest BCUT2D eigenvalue weighted by Crippen LogP contribution is -2.54. The number of rotatable bonds is 11. The van der Waals surface area contributed by atoms with E-state index in [0.717, 1.165) is 24.0 Å². The molecule has 0 aliphatic carbocycles. The minimum absolute atomic E-state index is 0.0655. The van der Waals surface area contributed by atoms with Gasteiger partial charge >= 0.3 is 6.09 Å². The Balaban J connectivity index is 3.51. The summed E-state index contributed by atoms with van der Waals surface area (Å²) in [5, 5.41) is 15.3. The van der Waals surface area contributed by atoms with Crippen LogP contribution in [0.5, 0.6) is 0 Å². The SMILES string of the molecule is CCCC(C)NC(=O)C(c1ccc(C)cc1C)N(CC#N)C(=O)C(CC(C)C)NC(=O)OC(C)(C)C. The number of hydrogen-bond acceptors (Lipinski definition) is 5. The van der Waals surface area contributed by atoms with Gasteiger partial charge in [-0.1, -0.05) is 51.0 Å². The number of nitriles is 1. The minimum atomic E-state index is -1.02. The molecule has 1 aromatic rings. The molecule has 0 aliphatic rings. The summed E-state index contributed by atoms with van der Waals surface area (Å²) >= 11 is 0. The van der Waals surface area contributed by atoms with Crippen LogP contribution < -0.4 is 10.6 Å². The maximum absolute atomic E-state index is 13.9. The predicted molar refractivity (Wildman–Crippen MR) is 141 cm³/mol. The van der Waals surface area contributed by atoms with Gasteiger partial charge < -0.3 is 20.3 Å². The molecule has 3 amide bonds. The molecule has 36 heavy (non-hydrogen) atoms. The molecule has 3 atom stereocenters. The van der Waals surface area contributed by atoms with Crippen LogP contribution in [0.3, 0.4) is 0 Å². The molecule has 0 fully saturated rings. The van der Waals surface area contributed by atoms with Crippen molar-refractivity contribution in [1.29, 1.82) is 5.26 Å². The normalized spacial score (nSPS) is 13.8. The lowest BCUT2D eigenvalue weighted by Gasteiger charge is -2.34. The van der Waals surface area contributed by atoms with E-state index in [-0.39, 0.29) is 24.4 Å². The number of carbonyl (C=O) groups is 3.